The molecule has 1 aliphatic rings. The number of carbonyl (C=O) groups excluding carboxylic acids is 2. The van der Waals surface area contributed by atoms with Crippen molar-refractivity contribution in [2.75, 3.05) is 6.61 Å². The van der Waals surface area contributed by atoms with Crippen LogP contribution in [0.3, 0.4) is 0 Å². The molecule has 0 saturated heterocycles. The number of alkyl carbamates (subject to hydrolysis) is 1. The molecule has 1 N–H and O–H groups in total. The Labute approximate surface area is 134 Å². The first-order valence-electron chi connectivity index (χ1n) is 8.18. The van der Waals surface area contributed by atoms with E-state index in [4.69, 9.17) is 9.47 Å². The second-order valence-corrected chi connectivity index (χ2v) is 7.98. The van der Waals surface area contributed by atoms with E-state index < -0.39 is 23.2 Å². The number of nitrogens with one attached hydrogen (secondary N) is 1. The van der Waals surface area contributed by atoms with Crippen molar-refractivity contribution in [1.29, 1.82) is 0 Å². The first kappa shape index (κ1) is 18.8. The van der Waals surface area contributed by atoms with Gasteiger partial charge in [-0.1, -0.05) is 19.8 Å². The smallest absolute Gasteiger partial charge is 0.408 e. The van der Waals surface area contributed by atoms with Crippen molar-refractivity contribution in [3.8, 4) is 0 Å². The minimum absolute atomic E-state index is 0.419. The van der Waals surface area contributed by atoms with Crippen LogP contribution >= 0.6 is 0 Å². The molecule has 0 atom stereocenters. The first-order valence-corrected chi connectivity index (χ1v) is 8.18. The molecule has 1 amide bonds. The quantitative estimate of drug-likeness (QED) is 0.804. The highest BCUT2D eigenvalue weighted by Gasteiger charge is 2.33. The predicted molar refractivity (Wildman–Crippen MR) is 85.5 cm³/mol. The Hall–Kier alpha value is -1.26. The van der Waals surface area contributed by atoms with Crippen LogP contribution in [0.2, 0.25) is 0 Å². The fourth-order valence-corrected chi connectivity index (χ4v) is 2.48. The maximum absolute atomic E-state index is 12.2. The third kappa shape index (κ3) is 6.67. The number of amides is 1. The molecule has 0 unspecified atom stereocenters. The summed E-state index contributed by atoms with van der Waals surface area (Å²) in [5, 5.41) is 2.57. The van der Waals surface area contributed by atoms with E-state index in [0.717, 1.165) is 18.8 Å². The Morgan fingerprint density at radius 2 is 1.59 bits per heavy atom. The van der Waals surface area contributed by atoms with Crippen LogP contribution in [-0.4, -0.2) is 29.8 Å². The Kier molecular flexibility index (Phi) is 6.27. The second-order valence-electron chi connectivity index (χ2n) is 7.98. The fourth-order valence-electron chi connectivity index (χ4n) is 2.48. The van der Waals surface area contributed by atoms with Crippen molar-refractivity contribution >= 4 is 12.1 Å². The molecule has 0 aromatic rings. The molecule has 22 heavy (non-hydrogen) atoms. The summed E-state index contributed by atoms with van der Waals surface area (Å²) in [7, 11) is 0. The second kappa shape index (κ2) is 7.34. The highest BCUT2D eigenvalue weighted by atomic mass is 16.6. The number of carbonyl (C=O) groups is 2. The van der Waals surface area contributed by atoms with Crippen LogP contribution in [0, 0.1) is 11.8 Å². The molecule has 1 rings (SSSR count). The number of esters is 1. The van der Waals surface area contributed by atoms with E-state index in [1.165, 1.54) is 12.8 Å². The third-order valence-corrected chi connectivity index (χ3v) is 3.91. The topological polar surface area (TPSA) is 64.6 Å². The molecule has 0 radical (unpaired) electrons. The zero-order chi connectivity index (χ0) is 17.0. The van der Waals surface area contributed by atoms with Crippen molar-refractivity contribution in [2.24, 2.45) is 11.8 Å². The summed E-state index contributed by atoms with van der Waals surface area (Å²) in [5.41, 5.74) is -1.69. The Morgan fingerprint density at radius 3 is 2.09 bits per heavy atom. The van der Waals surface area contributed by atoms with Crippen molar-refractivity contribution in [1.82, 2.24) is 5.32 Å². The molecule has 0 bridgehead atoms. The number of ether oxygens (including phenoxy) is 2. The summed E-state index contributed by atoms with van der Waals surface area (Å²) >= 11 is 0. The average molecular weight is 313 g/mol. The molecule has 1 aliphatic carbocycles. The van der Waals surface area contributed by atoms with Gasteiger partial charge in [-0.05, 0) is 59.3 Å². The van der Waals surface area contributed by atoms with Crippen LogP contribution in [0.4, 0.5) is 4.79 Å². The molecule has 0 heterocycles. The van der Waals surface area contributed by atoms with Gasteiger partial charge in [0.2, 0.25) is 0 Å². The molecule has 0 aromatic carbocycles. The van der Waals surface area contributed by atoms with Crippen molar-refractivity contribution in [3.05, 3.63) is 0 Å². The normalized spacial score (nSPS) is 22.8. The minimum atomic E-state index is -1.09. The summed E-state index contributed by atoms with van der Waals surface area (Å²) in [4.78, 5) is 24.0. The maximum atomic E-state index is 12.2. The first-order chi connectivity index (χ1) is 9.99. The highest BCUT2D eigenvalue weighted by Crippen LogP contribution is 2.28. The van der Waals surface area contributed by atoms with Crippen LogP contribution < -0.4 is 5.32 Å². The van der Waals surface area contributed by atoms with Gasteiger partial charge in [0.1, 0.15) is 11.1 Å². The molecule has 1 fully saturated rings. The summed E-state index contributed by atoms with van der Waals surface area (Å²) < 4.78 is 10.6. The lowest BCUT2D eigenvalue weighted by Crippen LogP contribution is -2.52. The monoisotopic (exact) mass is 313 g/mol. The van der Waals surface area contributed by atoms with E-state index >= 15 is 0 Å². The number of hydrogen-bond acceptors (Lipinski definition) is 4. The van der Waals surface area contributed by atoms with Crippen molar-refractivity contribution in [2.45, 2.75) is 78.4 Å². The average Bonchev–Trinajstić information content (AvgIpc) is 2.34. The van der Waals surface area contributed by atoms with E-state index in [0.29, 0.717) is 12.5 Å². The molecular weight excluding hydrogens is 282 g/mol. The van der Waals surface area contributed by atoms with Gasteiger partial charge < -0.3 is 14.8 Å². The number of hydrogen-bond donors (Lipinski definition) is 1. The van der Waals surface area contributed by atoms with E-state index in [-0.39, 0.29) is 0 Å². The van der Waals surface area contributed by atoms with Crippen LogP contribution in [-0.2, 0) is 14.3 Å². The summed E-state index contributed by atoms with van der Waals surface area (Å²) in [6, 6.07) is 0. The van der Waals surface area contributed by atoms with E-state index in [2.05, 4.69) is 12.2 Å². The summed E-state index contributed by atoms with van der Waals surface area (Å²) in [5.74, 6) is 0.798. The fraction of sp³-hybridized carbons (Fsp3) is 0.882. The molecule has 0 spiro atoms. The van der Waals surface area contributed by atoms with Gasteiger partial charge in [0.05, 0.1) is 6.61 Å². The van der Waals surface area contributed by atoms with Crippen molar-refractivity contribution in [3.63, 3.8) is 0 Å². The Bertz CT molecular complexity index is 390. The van der Waals surface area contributed by atoms with Gasteiger partial charge in [-0.3, -0.25) is 0 Å². The van der Waals surface area contributed by atoms with E-state index in [9.17, 15) is 9.59 Å². The molecule has 1 saturated carbocycles. The van der Waals surface area contributed by atoms with Gasteiger partial charge in [-0.2, -0.15) is 0 Å². The van der Waals surface area contributed by atoms with E-state index in [1.54, 1.807) is 34.6 Å². The lowest BCUT2D eigenvalue weighted by Gasteiger charge is -2.29. The molecule has 0 aromatic heterocycles. The van der Waals surface area contributed by atoms with Crippen LogP contribution in [0.5, 0.6) is 0 Å². The summed E-state index contributed by atoms with van der Waals surface area (Å²) in [6.45, 7) is 11.3. The van der Waals surface area contributed by atoms with Gasteiger partial charge in [0.15, 0.2) is 0 Å². The van der Waals surface area contributed by atoms with Gasteiger partial charge in [0.25, 0.3) is 0 Å². The van der Waals surface area contributed by atoms with Gasteiger partial charge in [0, 0.05) is 0 Å². The lowest BCUT2D eigenvalue weighted by molar-refractivity contribution is -0.152. The lowest BCUT2D eigenvalue weighted by atomic mass is 9.83. The van der Waals surface area contributed by atoms with Crippen molar-refractivity contribution < 1.29 is 19.1 Å². The maximum Gasteiger partial charge on any atom is 0.408 e. The standard InChI is InChI=1S/C17H31NO4/c1-12-7-9-13(10-8-12)11-21-14(19)17(5,6)18-15(20)22-16(2,3)4/h12-13H,7-11H2,1-6H3,(H,18,20)/t12-,13-. The molecule has 0 aliphatic heterocycles. The molecule has 128 valence electrons. The van der Waals surface area contributed by atoms with Crippen LogP contribution in [0.25, 0.3) is 0 Å². The number of rotatable bonds is 4. The highest BCUT2D eigenvalue weighted by molar-refractivity contribution is 5.84. The molecule has 5 nitrogen and oxygen atoms in total. The van der Waals surface area contributed by atoms with Gasteiger partial charge >= 0.3 is 12.1 Å². The van der Waals surface area contributed by atoms with Crippen LogP contribution in [0.1, 0.15) is 67.2 Å². The summed E-state index contributed by atoms with van der Waals surface area (Å²) in [6.07, 6.45) is 3.99. The van der Waals surface area contributed by atoms with Gasteiger partial charge in [-0.15, -0.1) is 0 Å². The zero-order valence-electron chi connectivity index (χ0n) is 14.8. The molecule has 5 heteroatoms. The Balaban J connectivity index is 2.40. The predicted octanol–water partition coefficient (Wildman–Crippen LogP) is 3.66. The largest absolute Gasteiger partial charge is 0.464 e. The minimum Gasteiger partial charge on any atom is -0.464 e. The van der Waals surface area contributed by atoms with Crippen LogP contribution in [0.15, 0.2) is 0 Å². The van der Waals surface area contributed by atoms with Gasteiger partial charge in [-0.25, -0.2) is 9.59 Å². The third-order valence-electron chi connectivity index (χ3n) is 3.91. The van der Waals surface area contributed by atoms with E-state index in [1.807, 2.05) is 0 Å². The SMILES string of the molecule is CC(C)(C)OC(=O)NC(C)(C)C(=O)OC[C@H]1CC[C@H](C)CC1. The molecular formula is C17H31NO4. The zero-order valence-corrected chi connectivity index (χ0v) is 14.8. The Morgan fingerprint density at radius 1 is 1.05 bits per heavy atom.